The molecule has 28 heavy (non-hydrogen) atoms. The SMILES string of the molecule is O=C(O)Cc1ccccc1NC(=O)c1cccc(NC(=O)C2CCCCC2)c1. The number of hydrogen-bond donors (Lipinski definition) is 3. The number of anilines is 2. The van der Waals surface area contributed by atoms with Crippen molar-refractivity contribution >= 4 is 29.2 Å². The Morgan fingerprint density at radius 1 is 0.929 bits per heavy atom. The third-order valence-corrected chi connectivity index (χ3v) is 4.98. The highest BCUT2D eigenvalue weighted by molar-refractivity contribution is 6.06. The van der Waals surface area contributed by atoms with Gasteiger partial charge in [0.2, 0.25) is 5.91 Å². The molecule has 6 heteroatoms. The highest BCUT2D eigenvalue weighted by Crippen LogP contribution is 2.25. The molecule has 3 N–H and O–H groups in total. The van der Waals surface area contributed by atoms with Gasteiger partial charge in [-0.05, 0) is 42.7 Å². The molecule has 146 valence electrons. The van der Waals surface area contributed by atoms with Crippen LogP contribution in [-0.4, -0.2) is 22.9 Å². The third-order valence-electron chi connectivity index (χ3n) is 4.98. The topological polar surface area (TPSA) is 95.5 Å². The van der Waals surface area contributed by atoms with E-state index >= 15 is 0 Å². The van der Waals surface area contributed by atoms with Crippen molar-refractivity contribution in [3.05, 3.63) is 59.7 Å². The van der Waals surface area contributed by atoms with Crippen LogP contribution in [0.5, 0.6) is 0 Å². The number of benzene rings is 2. The lowest BCUT2D eigenvalue weighted by molar-refractivity contribution is -0.136. The zero-order valence-electron chi connectivity index (χ0n) is 15.6. The number of nitrogens with one attached hydrogen (secondary N) is 2. The molecule has 1 aliphatic rings. The van der Waals surface area contributed by atoms with Crippen molar-refractivity contribution in [2.75, 3.05) is 10.6 Å². The summed E-state index contributed by atoms with van der Waals surface area (Å²) in [4.78, 5) is 36.0. The predicted molar refractivity (Wildman–Crippen MR) is 107 cm³/mol. The van der Waals surface area contributed by atoms with E-state index in [0.717, 1.165) is 25.7 Å². The van der Waals surface area contributed by atoms with E-state index in [1.165, 1.54) is 6.42 Å². The molecule has 2 aromatic carbocycles. The summed E-state index contributed by atoms with van der Waals surface area (Å²) in [5, 5.41) is 14.7. The van der Waals surface area contributed by atoms with E-state index in [1.807, 2.05) is 0 Å². The number of para-hydroxylation sites is 1. The minimum atomic E-state index is -0.964. The molecule has 0 aliphatic heterocycles. The molecule has 1 saturated carbocycles. The summed E-state index contributed by atoms with van der Waals surface area (Å²) < 4.78 is 0. The van der Waals surface area contributed by atoms with E-state index in [0.29, 0.717) is 22.5 Å². The first-order chi connectivity index (χ1) is 13.5. The fourth-order valence-corrected chi connectivity index (χ4v) is 3.50. The molecule has 6 nitrogen and oxygen atoms in total. The molecule has 2 amide bonds. The molecule has 0 bridgehead atoms. The largest absolute Gasteiger partial charge is 0.481 e. The number of carbonyl (C=O) groups is 3. The minimum Gasteiger partial charge on any atom is -0.481 e. The van der Waals surface area contributed by atoms with E-state index < -0.39 is 5.97 Å². The Morgan fingerprint density at radius 3 is 2.43 bits per heavy atom. The lowest BCUT2D eigenvalue weighted by atomic mass is 9.88. The standard InChI is InChI=1S/C22H24N2O4/c25-20(26)14-16-9-4-5-12-19(16)24-22(28)17-10-6-11-18(13-17)23-21(27)15-7-2-1-3-8-15/h4-6,9-13,15H,1-3,7-8,14H2,(H,23,27)(H,24,28)(H,25,26). The Morgan fingerprint density at radius 2 is 1.68 bits per heavy atom. The Kier molecular flexibility index (Phi) is 6.42. The highest BCUT2D eigenvalue weighted by atomic mass is 16.4. The monoisotopic (exact) mass is 380 g/mol. The van der Waals surface area contributed by atoms with Crippen LogP contribution >= 0.6 is 0 Å². The van der Waals surface area contributed by atoms with Gasteiger partial charge in [-0.3, -0.25) is 14.4 Å². The Labute approximate surface area is 164 Å². The van der Waals surface area contributed by atoms with Gasteiger partial charge in [-0.1, -0.05) is 43.5 Å². The fraction of sp³-hybridized carbons (Fsp3) is 0.318. The fourth-order valence-electron chi connectivity index (χ4n) is 3.50. The van der Waals surface area contributed by atoms with Crippen molar-refractivity contribution in [2.45, 2.75) is 38.5 Å². The second kappa shape index (κ2) is 9.17. The van der Waals surface area contributed by atoms with Gasteiger partial charge in [-0.2, -0.15) is 0 Å². The molecule has 1 aliphatic carbocycles. The Bertz CT molecular complexity index is 872. The van der Waals surface area contributed by atoms with Crippen LogP contribution in [0.25, 0.3) is 0 Å². The molecular weight excluding hydrogens is 356 g/mol. The number of carbonyl (C=O) groups excluding carboxylic acids is 2. The van der Waals surface area contributed by atoms with Crippen molar-refractivity contribution in [3.8, 4) is 0 Å². The summed E-state index contributed by atoms with van der Waals surface area (Å²) in [5.41, 5.74) is 1.98. The van der Waals surface area contributed by atoms with Gasteiger partial charge in [0.1, 0.15) is 0 Å². The normalized spacial score (nSPS) is 14.3. The summed E-state index contributed by atoms with van der Waals surface area (Å²) in [6.07, 6.45) is 4.99. The second-order valence-electron chi connectivity index (χ2n) is 7.09. The van der Waals surface area contributed by atoms with Gasteiger partial charge in [-0.25, -0.2) is 0 Å². The van der Waals surface area contributed by atoms with Crippen LogP contribution in [0.3, 0.4) is 0 Å². The molecule has 0 spiro atoms. The Balaban J connectivity index is 1.69. The van der Waals surface area contributed by atoms with E-state index in [1.54, 1.807) is 48.5 Å². The first-order valence-electron chi connectivity index (χ1n) is 9.55. The number of hydrogen-bond acceptors (Lipinski definition) is 3. The maximum absolute atomic E-state index is 12.6. The van der Waals surface area contributed by atoms with Gasteiger partial charge in [0, 0.05) is 22.9 Å². The van der Waals surface area contributed by atoms with Gasteiger partial charge in [0.15, 0.2) is 0 Å². The molecule has 1 fully saturated rings. The molecule has 2 aromatic rings. The maximum atomic E-state index is 12.6. The van der Waals surface area contributed by atoms with Gasteiger partial charge in [0.05, 0.1) is 6.42 Å². The molecule has 0 saturated heterocycles. The first-order valence-corrected chi connectivity index (χ1v) is 9.55. The van der Waals surface area contributed by atoms with E-state index in [-0.39, 0.29) is 24.2 Å². The van der Waals surface area contributed by atoms with Crippen molar-refractivity contribution in [1.29, 1.82) is 0 Å². The number of carboxylic acids is 1. The van der Waals surface area contributed by atoms with Gasteiger partial charge in [0.25, 0.3) is 5.91 Å². The number of amides is 2. The molecule has 3 rings (SSSR count). The van der Waals surface area contributed by atoms with Crippen molar-refractivity contribution in [1.82, 2.24) is 0 Å². The number of carboxylic acid groups (broad SMARTS) is 1. The van der Waals surface area contributed by atoms with Crippen LogP contribution in [0.4, 0.5) is 11.4 Å². The van der Waals surface area contributed by atoms with Gasteiger partial charge in [-0.15, -0.1) is 0 Å². The highest BCUT2D eigenvalue weighted by Gasteiger charge is 2.21. The molecule has 0 heterocycles. The van der Waals surface area contributed by atoms with Crippen molar-refractivity contribution < 1.29 is 19.5 Å². The van der Waals surface area contributed by atoms with Crippen molar-refractivity contribution in [2.24, 2.45) is 5.92 Å². The molecule has 0 radical (unpaired) electrons. The number of rotatable bonds is 6. The predicted octanol–water partition coefficient (Wildman–Crippen LogP) is 4.08. The Hall–Kier alpha value is -3.15. The third kappa shape index (κ3) is 5.19. The van der Waals surface area contributed by atoms with Crippen LogP contribution in [0.15, 0.2) is 48.5 Å². The lowest BCUT2D eigenvalue weighted by Crippen LogP contribution is -2.24. The number of aliphatic carboxylic acids is 1. The zero-order chi connectivity index (χ0) is 19.9. The van der Waals surface area contributed by atoms with Crippen LogP contribution < -0.4 is 10.6 Å². The summed E-state index contributed by atoms with van der Waals surface area (Å²) in [7, 11) is 0. The maximum Gasteiger partial charge on any atom is 0.307 e. The quantitative estimate of drug-likeness (QED) is 0.703. The second-order valence-corrected chi connectivity index (χ2v) is 7.09. The van der Waals surface area contributed by atoms with E-state index in [9.17, 15) is 14.4 Å². The summed E-state index contributed by atoms with van der Waals surface area (Å²) >= 11 is 0. The van der Waals surface area contributed by atoms with E-state index in [2.05, 4.69) is 10.6 Å². The summed E-state index contributed by atoms with van der Waals surface area (Å²) in [6.45, 7) is 0. The first kappa shape index (κ1) is 19.6. The molecule has 0 atom stereocenters. The average Bonchev–Trinajstić information content (AvgIpc) is 2.70. The van der Waals surface area contributed by atoms with Crippen LogP contribution in [0, 0.1) is 5.92 Å². The summed E-state index contributed by atoms with van der Waals surface area (Å²) in [6, 6.07) is 13.6. The van der Waals surface area contributed by atoms with Gasteiger partial charge < -0.3 is 15.7 Å². The average molecular weight is 380 g/mol. The van der Waals surface area contributed by atoms with Crippen LogP contribution in [0.1, 0.15) is 48.0 Å². The molecule has 0 unspecified atom stereocenters. The zero-order valence-corrected chi connectivity index (χ0v) is 15.6. The molecular formula is C22H24N2O4. The smallest absolute Gasteiger partial charge is 0.307 e. The molecule has 0 aromatic heterocycles. The minimum absolute atomic E-state index is 0.00376. The van der Waals surface area contributed by atoms with Crippen molar-refractivity contribution in [3.63, 3.8) is 0 Å². The van der Waals surface area contributed by atoms with Gasteiger partial charge >= 0.3 is 5.97 Å². The van der Waals surface area contributed by atoms with Crippen LogP contribution in [-0.2, 0) is 16.0 Å². The lowest BCUT2D eigenvalue weighted by Gasteiger charge is -2.20. The van der Waals surface area contributed by atoms with Crippen LogP contribution in [0.2, 0.25) is 0 Å². The van der Waals surface area contributed by atoms with E-state index in [4.69, 9.17) is 5.11 Å². The summed E-state index contributed by atoms with van der Waals surface area (Å²) in [5.74, 6) is -1.28.